The minimum Gasteiger partial charge on any atom is -0.478 e. The molecule has 6 heteroatoms. The van der Waals surface area contributed by atoms with Crippen LogP contribution < -0.4 is 0 Å². The molecule has 0 amide bonds. The molecule has 0 fully saturated rings. The molecule has 1 N–H and O–H groups in total. The van der Waals surface area contributed by atoms with Gasteiger partial charge in [0.1, 0.15) is 0 Å². The number of carboxylic acids is 1. The third-order valence-electron chi connectivity index (χ3n) is 3.10. The fourth-order valence-electron chi connectivity index (χ4n) is 2.09. The number of fused-ring (bicyclic) bond motifs is 1. The number of imidazole rings is 1. The summed E-state index contributed by atoms with van der Waals surface area (Å²) in [7, 11) is 0. The normalized spacial score (nSPS) is 11.1. The van der Waals surface area contributed by atoms with E-state index in [4.69, 9.17) is 5.11 Å². The first-order valence-corrected chi connectivity index (χ1v) is 7.67. The number of hydrogen-bond donors (Lipinski definition) is 1. The first-order valence-electron chi connectivity index (χ1n) is 6.06. The number of carbonyl (C=O) groups is 1. The maximum Gasteiger partial charge on any atom is 0.335 e. The lowest BCUT2D eigenvalue weighted by molar-refractivity contribution is 0.0697. The van der Waals surface area contributed by atoms with Crippen molar-refractivity contribution in [1.82, 2.24) is 9.55 Å². The van der Waals surface area contributed by atoms with Gasteiger partial charge in [-0.15, -0.1) is 11.3 Å². The standard InChI is InChI=1S/C14H11BrN2O2S/c15-13-4-2-10(20-13)5-6-17-8-16-11-7-9(14(18)19)1-3-12(11)17/h1-4,7-8H,5-6H2,(H,18,19). The molecule has 0 spiro atoms. The van der Waals surface area contributed by atoms with Gasteiger partial charge in [-0.25, -0.2) is 9.78 Å². The molecule has 0 unspecified atom stereocenters. The molecule has 0 aliphatic carbocycles. The smallest absolute Gasteiger partial charge is 0.335 e. The lowest BCUT2D eigenvalue weighted by Gasteiger charge is -2.03. The van der Waals surface area contributed by atoms with Crippen molar-refractivity contribution < 1.29 is 9.90 Å². The Hall–Kier alpha value is -1.66. The first-order chi connectivity index (χ1) is 9.63. The van der Waals surface area contributed by atoms with Crippen LogP contribution >= 0.6 is 27.3 Å². The monoisotopic (exact) mass is 350 g/mol. The Balaban J connectivity index is 1.83. The Labute approximate surface area is 127 Å². The first kappa shape index (κ1) is 13.3. The molecular formula is C14H11BrN2O2S. The summed E-state index contributed by atoms with van der Waals surface area (Å²) >= 11 is 5.18. The summed E-state index contributed by atoms with van der Waals surface area (Å²) in [6.07, 6.45) is 2.70. The van der Waals surface area contributed by atoms with E-state index in [2.05, 4.69) is 31.5 Å². The molecule has 0 radical (unpaired) electrons. The number of hydrogen-bond acceptors (Lipinski definition) is 3. The number of thiophene rings is 1. The lowest BCUT2D eigenvalue weighted by atomic mass is 10.2. The molecule has 3 aromatic rings. The zero-order valence-corrected chi connectivity index (χ0v) is 12.8. The van der Waals surface area contributed by atoms with Crippen molar-refractivity contribution >= 4 is 44.3 Å². The largest absolute Gasteiger partial charge is 0.478 e. The van der Waals surface area contributed by atoms with E-state index in [-0.39, 0.29) is 5.56 Å². The molecule has 4 nitrogen and oxygen atoms in total. The van der Waals surface area contributed by atoms with E-state index in [1.807, 2.05) is 12.1 Å². The molecule has 2 aromatic heterocycles. The predicted molar refractivity (Wildman–Crippen MR) is 82.4 cm³/mol. The van der Waals surface area contributed by atoms with Crippen molar-refractivity contribution in [3.8, 4) is 0 Å². The van der Waals surface area contributed by atoms with E-state index < -0.39 is 5.97 Å². The van der Waals surface area contributed by atoms with Crippen molar-refractivity contribution in [2.75, 3.05) is 0 Å². The summed E-state index contributed by atoms with van der Waals surface area (Å²) in [6, 6.07) is 9.19. The van der Waals surface area contributed by atoms with Crippen LogP contribution in [0.15, 0.2) is 40.4 Å². The van der Waals surface area contributed by atoms with Crippen LogP contribution in [0, 0.1) is 0 Å². The van der Waals surface area contributed by atoms with E-state index in [0.29, 0.717) is 0 Å². The summed E-state index contributed by atoms with van der Waals surface area (Å²) in [6.45, 7) is 0.829. The van der Waals surface area contributed by atoms with Gasteiger partial charge in [0.15, 0.2) is 0 Å². The van der Waals surface area contributed by atoms with Gasteiger partial charge in [0.2, 0.25) is 0 Å². The molecule has 3 rings (SSSR count). The van der Waals surface area contributed by atoms with Gasteiger partial charge in [-0.05, 0) is 52.7 Å². The average Bonchev–Trinajstić information content (AvgIpc) is 3.02. The number of carboxylic acid groups (broad SMARTS) is 1. The molecule has 0 saturated heterocycles. The van der Waals surface area contributed by atoms with Crippen LogP contribution in [0.1, 0.15) is 15.2 Å². The Kier molecular flexibility index (Phi) is 3.58. The van der Waals surface area contributed by atoms with Crippen LogP contribution in [0.25, 0.3) is 11.0 Å². The Bertz CT molecular complexity index is 778. The van der Waals surface area contributed by atoms with E-state index in [0.717, 1.165) is 27.8 Å². The SMILES string of the molecule is O=C(O)c1ccc2c(c1)ncn2CCc1ccc(Br)s1. The number of aromatic nitrogens is 2. The molecule has 102 valence electrons. The molecule has 0 atom stereocenters. The number of aryl methyl sites for hydroxylation is 2. The van der Waals surface area contributed by atoms with Gasteiger partial charge in [0, 0.05) is 11.4 Å². The number of aromatic carboxylic acids is 1. The molecule has 20 heavy (non-hydrogen) atoms. The van der Waals surface area contributed by atoms with Crippen LogP contribution in [0.5, 0.6) is 0 Å². The summed E-state index contributed by atoms with van der Waals surface area (Å²) < 4.78 is 3.18. The second kappa shape index (κ2) is 5.38. The van der Waals surface area contributed by atoms with E-state index in [1.54, 1.807) is 29.8 Å². The summed E-state index contributed by atoms with van der Waals surface area (Å²) in [4.78, 5) is 16.5. The second-order valence-corrected chi connectivity index (χ2v) is 6.95. The van der Waals surface area contributed by atoms with Crippen molar-refractivity contribution in [3.05, 3.63) is 50.9 Å². The number of halogens is 1. The Morgan fingerprint density at radius 3 is 2.90 bits per heavy atom. The molecule has 0 aliphatic heterocycles. The highest BCUT2D eigenvalue weighted by molar-refractivity contribution is 9.11. The van der Waals surface area contributed by atoms with Crippen LogP contribution in [0.4, 0.5) is 0 Å². The third-order valence-corrected chi connectivity index (χ3v) is 4.78. The van der Waals surface area contributed by atoms with E-state index in [9.17, 15) is 4.79 Å². The fraction of sp³-hybridized carbons (Fsp3) is 0.143. The van der Waals surface area contributed by atoms with Gasteiger partial charge in [0.25, 0.3) is 0 Å². The number of nitrogens with zero attached hydrogens (tertiary/aromatic N) is 2. The third kappa shape index (κ3) is 2.62. The van der Waals surface area contributed by atoms with Gasteiger partial charge >= 0.3 is 5.97 Å². The lowest BCUT2D eigenvalue weighted by Crippen LogP contribution is -1.99. The summed E-state index contributed by atoms with van der Waals surface area (Å²) in [5, 5.41) is 8.97. The van der Waals surface area contributed by atoms with Crippen LogP contribution in [-0.2, 0) is 13.0 Å². The number of benzene rings is 1. The zero-order valence-electron chi connectivity index (χ0n) is 10.4. The predicted octanol–water partition coefficient (Wildman–Crippen LogP) is 3.80. The molecule has 0 saturated carbocycles. The van der Waals surface area contributed by atoms with Crippen molar-refractivity contribution in [3.63, 3.8) is 0 Å². The maximum absolute atomic E-state index is 10.9. The molecule has 0 bridgehead atoms. The minimum atomic E-state index is -0.926. The summed E-state index contributed by atoms with van der Waals surface area (Å²) in [5.74, 6) is -0.926. The van der Waals surface area contributed by atoms with Gasteiger partial charge in [0.05, 0.1) is 26.7 Å². The topological polar surface area (TPSA) is 55.1 Å². The van der Waals surface area contributed by atoms with E-state index in [1.165, 1.54) is 4.88 Å². The average molecular weight is 351 g/mol. The molecule has 1 aromatic carbocycles. The molecule has 0 aliphatic rings. The highest BCUT2D eigenvalue weighted by Crippen LogP contribution is 2.23. The quantitative estimate of drug-likeness (QED) is 0.778. The second-order valence-electron chi connectivity index (χ2n) is 4.40. The van der Waals surface area contributed by atoms with Gasteiger partial charge in [-0.1, -0.05) is 0 Å². The zero-order chi connectivity index (χ0) is 14.1. The molecule has 2 heterocycles. The van der Waals surface area contributed by atoms with Crippen molar-refractivity contribution in [2.45, 2.75) is 13.0 Å². The Morgan fingerprint density at radius 1 is 1.35 bits per heavy atom. The highest BCUT2D eigenvalue weighted by Gasteiger charge is 2.08. The molecular weight excluding hydrogens is 340 g/mol. The van der Waals surface area contributed by atoms with Crippen molar-refractivity contribution in [2.24, 2.45) is 0 Å². The Morgan fingerprint density at radius 2 is 2.20 bits per heavy atom. The van der Waals surface area contributed by atoms with Crippen molar-refractivity contribution in [1.29, 1.82) is 0 Å². The van der Waals surface area contributed by atoms with Gasteiger partial charge in [-0.3, -0.25) is 0 Å². The fourth-order valence-corrected chi connectivity index (χ4v) is 3.56. The maximum atomic E-state index is 10.9. The van der Waals surface area contributed by atoms with Gasteiger partial charge < -0.3 is 9.67 Å². The van der Waals surface area contributed by atoms with Crippen LogP contribution in [-0.4, -0.2) is 20.6 Å². The highest BCUT2D eigenvalue weighted by atomic mass is 79.9. The summed E-state index contributed by atoms with van der Waals surface area (Å²) in [5.41, 5.74) is 1.95. The number of rotatable bonds is 4. The minimum absolute atomic E-state index is 0.268. The van der Waals surface area contributed by atoms with Gasteiger partial charge in [-0.2, -0.15) is 0 Å². The van der Waals surface area contributed by atoms with E-state index >= 15 is 0 Å². The van der Waals surface area contributed by atoms with Crippen LogP contribution in [0.2, 0.25) is 0 Å². The van der Waals surface area contributed by atoms with Crippen LogP contribution in [0.3, 0.4) is 0 Å².